The van der Waals surface area contributed by atoms with E-state index in [4.69, 9.17) is 33.0 Å². The molecule has 4 rings (SSSR count). The van der Waals surface area contributed by atoms with E-state index in [0.29, 0.717) is 56.0 Å². The molecule has 0 saturated heterocycles. The third kappa shape index (κ3) is 18.4. The average Bonchev–Trinajstić information content (AvgIpc) is 3.58. The Hall–Kier alpha value is -4.03. The van der Waals surface area contributed by atoms with Crippen LogP contribution in [0.4, 0.5) is 9.59 Å². The van der Waals surface area contributed by atoms with Crippen molar-refractivity contribution in [2.45, 2.75) is 118 Å². The van der Waals surface area contributed by atoms with Crippen LogP contribution in [-0.4, -0.2) is 103 Å². The first kappa shape index (κ1) is 51.1. The van der Waals surface area contributed by atoms with Crippen LogP contribution >= 0.6 is 15.9 Å². The fourth-order valence-electron chi connectivity index (χ4n) is 5.94. The minimum Gasteiger partial charge on any atom is -0.508 e. The SMILES string of the molecule is CC(C)(C)OC(=O)NCCCBr.CCOC(=O)CC1OB(O)c2cc(O)cc(C)c21.CCOC(=O)CC1OB(O)c2cc(OCCCNC(=O)OC(C)(C)C)cc(C)c21. The summed E-state index contributed by atoms with van der Waals surface area (Å²) >= 11 is 3.27. The largest absolute Gasteiger partial charge is 0.508 e. The first-order valence-corrected chi connectivity index (χ1v) is 20.8. The summed E-state index contributed by atoms with van der Waals surface area (Å²) in [5.41, 5.74) is 3.39. The summed E-state index contributed by atoms with van der Waals surface area (Å²) in [6.45, 7) is 20.2. The lowest BCUT2D eigenvalue weighted by molar-refractivity contribution is -0.146. The van der Waals surface area contributed by atoms with Crippen LogP contribution in [0.1, 0.15) is 116 Å². The van der Waals surface area contributed by atoms with E-state index in [9.17, 15) is 34.3 Å². The molecule has 2 aliphatic rings. The lowest BCUT2D eigenvalue weighted by Gasteiger charge is -2.19. The maximum atomic E-state index is 11.8. The van der Waals surface area contributed by atoms with Gasteiger partial charge in [0, 0.05) is 18.4 Å². The molecule has 19 heteroatoms. The van der Waals surface area contributed by atoms with Gasteiger partial charge in [-0.3, -0.25) is 9.59 Å². The van der Waals surface area contributed by atoms with Crippen molar-refractivity contribution in [2.24, 2.45) is 0 Å². The van der Waals surface area contributed by atoms with Gasteiger partial charge in [0.15, 0.2) is 0 Å². The first-order valence-electron chi connectivity index (χ1n) is 19.7. The standard InChI is InChI=1S/C20H30BNO7.C12H15BO5.C8H16BrNO2/c1-6-26-17(23)12-16-18-13(2)10-14(11-15(18)21(25)29-16)27-9-7-8-22-19(24)28-20(3,4)5;1-3-17-11(15)6-10-12-7(2)4-8(14)5-9(12)13(16)18-10;1-8(2,3)12-7(11)10-6-4-5-9/h10-11,16,25H,6-9,12H2,1-5H3,(H,22,24);4-5,10,14,16H,3,6H2,1-2H3;4-6H2,1-3H3,(H,10,11). The lowest BCUT2D eigenvalue weighted by atomic mass is 9.77. The number of aromatic hydroxyl groups is 1. The molecule has 5 N–H and O–H groups in total. The van der Waals surface area contributed by atoms with Gasteiger partial charge in [-0.25, -0.2) is 9.59 Å². The van der Waals surface area contributed by atoms with Crippen molar-refractivity contribution in [1.29, 1.82) is 0 Å². The van der Waals surface area contributed by atoms with Gasteiger partial charge in [-0.05, 0) is 140 Å². The Morgan fingerprint density at radius 2 is 1.17 bits per heavy atom. The molecule has 2 aromatic rings. The van der Waals surface area contributed by atoms with Gasteiger partial charge >= 0.3 is 38.4 Å². The second-order valence-corrected chi connectivity index (χ2v) is 16.4. The van der Waals surface area contributed by atoms with Crippen molar-refractivity contribution in [3.63, 3.8) is 0 Å². The molecular weight excluding hydrogens is 834 g/mol. The molecule has 2 amide bonds. The summed E-state index contributed by atoms with van der Waals surface area (Å²) in [4.78, 5) is 45.8. The number of carbonyl (C=O) groups excluding carboxylic acids is 4. The van der Waals surface area contributed by atoms with Crippen LogP contribution in [0.25, 0.3) is 0 Å². The van der Waals surface area contributed by atoms with Gasteiger partial charge in [-0.15, -0.1) is 0 Å². The summed E-state index contributed by atoms with van der Waals surface area (Å²) in [5.74, 6) is -0.0616. The van der Waals surface area contributed by atoms with Gasteiger partial charge in [-0.1, -0.05) is 15.9 Å². The number of aryl methyl sites for hydroxylation is 2. The highest BCUT2D eigenvalue weighted by atomic mass is 79.9. The lowest BCUT2D eigenvalue weighted by Crippen LogP contribution is -2.33. The number of hydrogen-bond acceptors (Lipinski definition) is 14. The van der Waals surface area contributed by atoms with Gasteiger partial charge < -0.3 is 58.8 Å². The van der Waals surface area contributed by atoms with Crippen LogP contribution in [0.15, 0.2) is 24.3 Å². The molecule has 2 aliphatic heterocycles. The highest BCUT2D eigenvalue weighted by Gasteiger charge is 2.39. The smallest absolute Gasteiger partial charge is 0.492 e. The molecule has 328 valence electrons. The van der Waals surface area contributed by atoms with Gasteiger partial charge in [-0.2, -0.15) is 0 Å². The Morgan fingerprint density at radius 3 is 1.61 bits per heavy atom. The average molecular weight is 895 g/mol. The second-order valence-electron chi connectivity index (χ2n) is 15.6. The summed E-state index contributed by atoms with van der Waals surface area (Å²) in [5, 5.41) is 35.7. The highest BCUT2D eigenvalue weighted by Crippen LogP contribution is 2.33. The van der Waals surface area contributed by atoms with E-state index in [1.54, 1.807) is 53.7 Å². The molecule has 2 heterocycles. The number of alkyl halides is 1. The number of amides is 2. The van der Waals surface area contributed by atoms with E-state index in [-0.39, 0.29) is 36.6 Å². The number of halogens is 1. The zero-order valence-electron chi connectivity index (χ0n) is 35.9. The number of fused-ring (bicyclic) bond motifs is 2. The molecule has 0 aromatic heterocycles. The number of benzene rings is 2. The third-order valence-corrected chi connectivity index (χ3v) is 8.67. The van der Waals surface area contributed by atoms with Crippen LogP contribution in [0.2, 0.25) is 0 Å². The van der Waals surface area contributed by atoms with Crippen LogP contribution in [-0.2, 0) is 37.8 Å². The monoisotopic (exact) mass is 894 g/mol. The number of alkyl carbamates (subject to hydrolysis) is 2. The van der Waals surface area contributed by atoms with Crippen molar-refractivity contribution >= 4 is 65.2 Å². The third-order valence-electron chi connectivity index (χ3n) is 8.11. The number of carbonyl (C=O) groups is 4. The number of nitrogens with one attached hydrogen (secondary N) is 2. The van der Waals surface area contributed by atoms with Crippen molar-refractivity contribution in [3.8, 4) is 11.5 Å². The van der Waals surface area contributed by atoms with E-state index < -0.39 is 43.7 Å². The van der Waals surface area contributed by atoms with Gasteiger partial charge in [0.1, 0.15) is 22.7 Å². The summed E-state index contributed by atoms with van der Waals surface area (Å²) < 4.78 is 36.6. The van der Waals surface area contributed by atoms with Crippen LogP contribution in [0.3, 0.4) is 0 Å². The highest BCUT2D eigenvalue weighted by molar-refractivity contribution is 9.09. The van der Waals surface area contributed by atoms with Crippen LogP contribution in [0, 0.1) is 13.8 Å². The predicted octanol–water partition coefficient (Wildman–Crippen LogP) is 4.71. The van der Waals surface area contributed by atoms with E-state index >= 15 is 0 Å². The maximum Gasteiger partial charge on any atom is 0.492 e. The molecule has 2 atom stereocenters. The Morgan fingerprint density at radius 1 is 0.729 bits per heavy atom. The molecule has 0 fully saturated rings. The minimum absolute atomic E-state index is 0.0509. The topological polar surface area (TPSA) is 218 Å². The van der Waals surface area contributed by atoms with E-state index in [1.807, 2.05) is 33.8 Å². The summed E-state index contributed by atoms with van der Waals surface area (Å²) in [6.07, 6.45) is -0.235. The minimum atomic E-state index is -1.11. The molecule has 2 unspecified atom stereocenters. The quantitative estimate of drug-likeness (QED) is 0.0571. The number of rotatable bonds is 14. The molecule has 0 spiro atoms. The molecule has 0 aliphatic carbocycles. The summed E-state index contributed by atoms with van der Waals surface area (Å²) in [7, 11) is -2.22. The number of phenols is 1. The van der Waals surface area contributed by atoms with E-state index in [2.05, 4.69) is 26.6 Å². The first-order chi connectivity index (χ1) is 27.6. The van der Waals surface area contributed by atoms with E-state index in [0.717, 1.165) is 34.0 Å². The van der Waals surface area contributed by atoms with Gasteiger partial charge in [0.2, 0.25) is 0 Å². The molecule has 0 bridgehead atoms. The number of hydrogen-bond donors (Lipinski definition) is 5. The van der Waals surface area contributed by atoms with Crippen LogP contribution in [0.5, 0.6) is 11.5 Å². The fraction of sp³-hybridized carbons (Fsp3) is 0.600. The Kier molecular flexibility index (Phi) is 21.0. The number of esters is 2. The summed E-state index contributed by atoms with van der Waals surface area (Å²) in [6, 6.07) is 6.61. The normalized spacial score (nSPS) is 15.3. The van der Waals surface area contributed by atoms with Crippen molar-refractivity contribution in [1.82, 2.24) is 10.6 Å². The van der Waals surface area contributed by atoms with Crippen molar-refractivity contribution < 1.29 is 67.3 Å². The predicted molar refractivity (Wildman–Crippen MR) is 226 cm³/mol. The van der Waals surface area contributed by atoms with Crippen molar-refractivity contribution in [2.75, 3.05) is 38.2 Å². The number of phenolic OH excluding ortho intramolecular Hbond substituents is 1. The molecular formula is C40H61B2BrN2O14. The molecule has 59 heavy (non-hydrogen) atoms. The van der Waals surface area contributed by atoms with Gasteiger partial charge in [0.25, 0.3) is 0 Å². The van der Waals surface area contributed by atoms with Gasteiger partial charge in [0.05, 0.1) is 44.9 Å². The molecule has 0 saturated carbocycles. The Labute approximate surface area is 356 Å². The van der Waals surface area contributed by atoms with Crippen LogP contribution < -0.4 is 26.3 Å². The van der Waals surface area contributed by atoms with Crippen molar-refractivity contribution in [3.05, 3.63) is 46.5 Å². The second kappa shape index (κ2) is 24.3. The number of ether oxygens (including phenoxy) is 5. The maximum absolute atomic E-state index is 11.8. The zero-order chi connectivity index (χ0) is 44.5. The Balaban J connectivity index is 0.000000339. The Bertz CT molecular complexity index is 1700. The van der Waals surface area contributed by atoms with E-state index in [1.165, 1.54) is 6.07 Å². The fourth-order valence-corrected chi connectivity index (χ4v) is 6.22. The molecule has 0 radical (unpaired) electrons. The zero-order valence-corrected chi connectivity index (χ0v) is 37.5. The molecule has 2 aromatic carbocycles. The molecule has 16 nitrogen and oxygen atoms in total.